The third-order valence-electron chi connectivity index (χ3n) is 2.58. The fourth-order valence-electron chi connectivity index (χ4n) is 1.79. The molecule has 0 unspecified atom stereocenters. The maximum Gasteiger partial charge on any atom is 0.204 e. The van der Waals surface area contributed by atoms with Gasteiger partial charge in [0.2, 0.25) is 5.75 Å². The molecule has 0 aliphatic rings. The lowest BCUT2D eigenvalue weighted by molar-refractivity contribution is 0.294. The van der Waals surface area contributed by atoms with Gasteiger partial charge in [-0.05, 0) is 26.0 Å². The van der Waals surface area contributed by atoms with Gasteiger partial charge in [-0.15, -0.1) is 0 Å². The molecule has 0 aromatic heterocycles. The molecule has 0 atom stereocenters. The van der Waals surface area contributed by atoms with Crippen molar-refractivity contribution in [2.75, 3.05) is 13.2 Å². The van der Waals surface area contributed by atoms with Crippen LogP contribution in [-0.2, 0) is 0 Å². The summed E-state index contributed by atoms with van der Waals surface area (Å²) in [6.45, 7) is 4.68. The molecule has 0 aliphatic carbocycles. The van der Waals surface area contributed by atoms with E-state index in [0.29, 0.717) is 36.2 Å². The first-order valence-electron chi connectivity index (χ1n) is 6.60. The van der Waals surface area contributed by atoms with Gasteiger partial charge in [0.15, 0.2) is 11.5 Å². The Balaban J connectivity index is 2.36. The number of para-hydroxylation sites is 1. The molecular weight excluding hydrogens is 256 g/mol. The normalized spacial score (nSPS) is 10.1. The van der Waals surface area contributed by atoms with Crippen molar-refractivity contribution in [1.29, 1.82) is 0 Å². The van der Waals surface area contributed by atoms with E-state index in [9.17, 15) is 5.11 Å². The molecule has 2 aromatic rings. The number of phenols is 1. The van der Waals surface area contributed by atoms with Crippen molar-refractivity contribution in [2.24, 2.45) is 0 Å². The molecule has 0 saturated carbocycles. The van der Waals surface area contributed by atoms with Crippen LogP contribution in [0.1, 0.15) is 13.8 Å². The zero-order valence-corrected chi connectivity index (χ0v) is 11.6. The molecule has 0 saturated heterocycles. The molecule has 2 rings (SSSR count). The zero-order chi connectivity index (χ0) is 14.4. The van der Waals surface area contributed by atoms with E-state index in [2.05, 4.69) is 0 Å². The number of hydrogen-bond acceptors (Lipinski definition) is 4. The van der Waals surface area contributed by atoms with Gasteiger partial charge in [0.1, 0.15) is 11.5 Å². The second kappa shape index (κ2) is 6.70. The van der Waals surface area contributed by atoms with E-state index in [0.717, 1.165) is 0 Å². The van der Waals surface area contributed by atoms with Crippen LogP contribution in [0.4, 0.5) is 0 Å². The lowest BCUT2D eigenvalue weighted by Gasteiger charge is -2.14. The molecule has 4 heteroatoms. The van der Waals surface area contributed by atoms with Crippen molar-refractivity contribution in [3.63, 3.8) is 0 Å². The summed E-state index contributed by atoms with van der Waals surface area (Å²) in [7, 11) is 0. The first-order chi connectivity index (χ1) is 9.74. The van der Waals surface area contributed by atoms with E-state index in [1.807, 2.05) is 44.2 Å². The predicted molar refractivity (Wildman–Crippen MR) is 77.0 cm³/mol. The summed E-state index contributed by atoms with van der Waals surface area (Å²) in [6.07, 6.45) is 0. The summed E-state index contributed by atoms with van der Waals surface area (Å²) in [5.74, 6) is 1.96. The van der Waals surface area contributed by atoms with Crippen LogP contribution in [0.15, 0.2) is 42.5 Å². The molecule has 20 heavy (non-hydrogen) atoms. The third-order valence-corrected chi connectivity index (χ3v) is 2.58. The molecule has 2 aromatic carbocycles. The summed E-state index contributed by atoms with van der Waals surface area (Å²) >= 11 is 0. The minimum Gasteiger partial charge on any atom is -0.504 e. The summed E-state index contributed by atoms with van der Waals surface area (Å²) < 4.78 is 16.6. The first kappa shape index (κ1) is 14.1. The maximum absolute atomic E-state index is 10.0. The molecule has 106 valence electrons. The lowest BCUT2D eigenvalue weighted by atomic mass is 10.2. The van der Waals surface area contributed by atoms with Crippen molar-refractivity contribution in [3.05, 3.63) is 42.5 Å². The number of hydrogen-bond donors (Lipinski definition) is 1. The van der Waals surface area contributed by atoms with Gasteiger partial charge in [-0.1, -0.05) is 18.2 Å². The average Bonchev–Trinajstić information content (AvgIpc) is 2.44. The van der Waals surface area contributed by atoms with E-state index in [4.69, 9.17) is 14.2 Å². The topological polar surface area (TPSA) is 47.9 Å². The van der Waals surface area contributed by atoms with Crippen molar-refractivity contribution in [2.45, 2.75) is 13.8 Å². The Labute approximate surface area is 118 Å². The molecule has 1 N–H and O–H groups in total. The van der Waals surface area contributed by atoms with Crippen LogP contribution in [0, 0.1) is 0 Å². The molecule has 0 amide bonds. The monoisotopic (exact) mass is 274 g/mol. The SMILES string of the molecule is CCOc1cc(O)c(OCC)c(Oc2ccccc2)c1. The van der Waals surface area contributed by atoms with Crippen molar-refractivity contribution in [3.8, 4) is 28.7 Å². The van der Waals surface area contributed by atoms with Crippen LogP contribution in [0.2, 0.25) is 0 Å². The number of phenolic OH excluding ortho intramolecular Hbond substituents is 1. The van der Waals surface area contributed by atoms with Gasteiger partial charge in [-0.2, -0.15) is 0 Å². The molecule has 4 nitrogen and oxygen atoms in total. The Morgan fingerprint density at radius 1 is 0.900 bits per heavy atom. The Bertz CT molecular complexity index is 552. The standard InChI is InChI=1S/C16H18O4/c1-3-18-13-10-14(17)16(19-4-2)15(11-13)20-12-8-6-5-7-9-12/h5-11,17H,3-4H2,1-2H3. The fourth-order valence-corrected chi connectivity index (χ4v) is 1.79. The van der Waals surface area contributed by atoms with Crippen LogP contribution in [0.5, 0.6) is 28.7 Å². The summed E-state index contributed by atoms with van der Waals surface area (Å²) in [4.78, 5) is 0. The third kappa shape index (κ3) is 3.35. The summed E-state index contributed by atoms with van der Waals surface area (Å²) in [6, 6.07) is 12.6. The van der Waals surface area contributed by atoms with Gasteiger partial charge in [0, 0.05) is 12.1 Å². The van der Waals surface area contributed by atoms with Gasteiger partial charge >= 0.3 is 0 Å². The lowest BCUT2D eigenvalue weighted by Crippen LogP contribution is -1.98. The minimum absolute atomic E-state index is 0.00345. The quantitative estimate of drug-likeness (QED) is 0.865. The molecule has 0 fully saturated rings. The Kier molecular flexibility index (Phi) is 4.71. The number of rotatable bonds is 6. The Hall–Kier alpha value is -2.36. The minimum atomic E-state index is 0.00345. The highest BCUT2D eigenvalue weighted by molar-refractivity contribution is 5.56. The molecule has 0 heterocycles. The molecule has 0 aliphatic heterocycles. The van der Waals surface area contributed by atoms with Crippen LogP contribution < -0.4 is 14.2 Å². The molecular formula is C16H18O4. The van der Waals surface area contributed by atoms with Gasteiger partial charge < -0.3 is 19.3 Å². The predicted octanol–water partition coefficient (Wildman–Crippen LogP) is 3.98. The average molecular weight is 274 g/mol. The second-order valence-corrected chi connectivity index (χ2v) is 4.05. The van der Waals surface area contributed by atoms with E-state index in [1.165, 1.54) is 6.07 Å². The maximum atomic E-state index is 10.0. The highest BCUT2D eigenvalue weighted by Gasteiger charge is 2.14. The number of aromatic hydroxyl groups is 1. The Morgan fingerprint density at radius 3 is 2.25 bits per heavy atom. The van der Waals surface area contributed by atoms with Gasteiger partial charge in [0.05, 0.1) is 13.2 Å². The number of ether oxygens (including phenoxy) is 3. The molecule has 0 radical (unpaired) electrons. The number of benzene rings is 2. The van der Waals surface area contributed by atoms with Gasteiger partial charge in [0.25, 0.3) is 0 Å². The van der Waals surface area contributed by atoms with E-state index in [-0.39, 0.29) is 5.75 Å². The van der Waals surface area contributed by atoms with Crippen LogP contribution in [0.25, 0.3) is 0 Å². The van der Waals surface area contributed by atoms with E-state index < -0.39 is 0 Å². The highest BCUT2D eigenvalue weighted by Crippen LogP contribution is 2.42. The van der Waals surface area contributed by atoms with Crippen molar-refractivity contribution in [1.82, 2.24) is 0 Å². The van der Waals surface area contributed by atoms with Crippen LogP contribution >= 0.6 is 0 Å². The van der Waals surface area contributed by atoms with Crippen molar-refractivity contribution < 1.29 is 19.3 Å². The fraction of sp³-hybridized carbons (Fsp3) is 0.250. The Morgan fingerprint density at radius 2 is 1.60 bits per heavy atom. The molecule has 0 bridgehead atoms. The van der Waals surface area contributed by atoms with Crippen LogP contribution in [0.3, 0.4) is 0 Å². The van der Waals surface area contributed by atoms with Gasteiger partial charge in [-0.25, -0.2) is 0 Å². The van der Waals surface area contributed by atoms with Crippen LogP contribution in [-0.4, -0.2) is 18.3 Å². The highest BCUT2D eigenvalue weighted by atomic mass is 16.5. The summed E-state index contributed by atoms with van der Waals surface area (Å²) in [5, 5.41) is 10.0. The largest absolute Gasteiger partial charge is 0.504 e. The second-order valence-electron chi connectivity index (χ2n) is 4.05. The zero-order valence-electron chi connectivity index (χ0n) is 11.6. The van der Waals surface area contributed by atoms with E-state index in [1.54, 1.807) is 6.07 Å². The smallest absolute Gasteiger partial charge is 0.204 e. The first-order valence-corrected chi connectivity index (χ1v) is 6.60. The van der Waals surface area contributed by atoms with Gasteiger partial charge in [-0.3, -0.25) is 0 Å². The molecule has 0 spiro atoms. The van der Waals surface area contributed by atoms with E-state index >= 15 is 0 Å². The summed E-state index contributed by atoms with van der Waals surface area (Å²) in [5.41, 5.74) is 0. The van der Waals surface area contributed by atoms with Crippen molar-refractivity contribution >= 4 is 0 Å².